The molecule has 0 bridgehead atoms. The molecule has 0 amide bonds. The summed E-state index contributed by atoms with van der Waals surface area (Å²) >= 11 is 0. The predicted molar refractivity (Wildman–Crippen MR) is 127 cm³/mol. The Kier molecular flexibility index (Phi) is 5.79. The minimum absolute atomic E-state index is 0.161. The van der Waals surface area contributed by atoms with Gasteiger partial charge in [0.2, 0.25) is 0 Å². The number of aryl methyl sites for hydroxylation is 2. The van der Waals surface area contributed by atoms with Crippen molar-refractivity contribution in [2.45, 2.75) is 18.7 Å². The van der Waals surface area contributed by atoms with E-state index in [1.807, 2.05) is 37.3 Å². The van der Waals surface area contributed by atoms with Crippen LogP contribution in [-0.4, -0.2) is 24.4 Å². The summed E-state index contributed by atoms with van der Waals surface area (Å²) in [5.74, 6) is 0. The first-order valence-corrected chi connectivity index (χ1v) is 11.4. The van der Waals surface area contributed by atoms with Crippen LogP contribution in [0.3, 0.4) is 0 Å². The molecule has 1 heterocycles. The van der Waals surface area contributed by atoms with Gasteiger partial charge in [-0.2, -0.15) is 0 Å². The third-order valence-corrected chi connectivity index (χ3v) is 6.33. The van der Waals surface area contributed by atoms with Crippen LogP contribution in [0.4, 0.5) is 11.4 Å². The Labute approximate surface area is 186 Å². The third-order valence-electron chi connectivity index (χ3n) is 4.94. The Morgan fingerprint density at radius 1 is 0.906 bits per heavy atom. The molecule has 0 atom stereocenters. The summed E-state index contributed by atoms with van der Waals surface area (Å²) in [5.41, 5.74) is 3.21. The number of benzene rings is 3. The third kappa shape index (κ3) is 4.40. The van der Waals surface area contributed by atoms with Gasteiger partial charge in [-0.1, -0.05) is 48.0 Å². The first-order valence-electron chi connectivity index (χ1n) is 9.95. The molecule has 0 aliphatic heterocycles. The van der Waals surface area contributed by atoms with Crippen LogP contribution in [0.15, 0.2) is 93.5 Å². The van der Waals surface area contributed by atoms with Gasteiger partial charge in [0.1, 0.15) is 0 Å². The number of hydrogen-bond acceptors (Lipinski definition) is 4. The summed E-state index contributed by atoms with van der Waals surface area (Å²) in [6.07, 6.45) is 1.45. The van der Waals surface area contributed by atoms with Gasteiger partial charge in [0.25, 0.3) is 15.6 Å². The Hall–Kier alpha value is -3.91. The molecular weight excluding hydrogens is 424 g/mol. The van der Waals surface area contributed by atoms with Gasteiger partial charge in [-0.25, -0.2) is 13.1 Å². The smallest absolute Gasteiger partial charge is 0.280 e. The van der Waals surface area contributed by atoms with Crippen molar-refractivity contribution in [2.24, 2.45) is 4.99 Å². The van der Waals surface area contributed by atoms with Gasteiger partial charge >= 0.3 is 0 Å². The maximum Gasteiger partial charge on any atom is 0.280 e. The highest BCUT2D eigenvalue weighted by Gasteiger charge is 2.16. The van der Waals surface area contributed by atoms with Crippen molar-refractivity contribution < 1.29 is 8.42 Å². The zero-order valence-electron chi connectivity index (χ0n) is 17.6. The summed E-state index contributed by atoms with van der Waals surface area (Å²) in [6.45, 7) is 3.68. The molecule has 4 aromatic rings. The number of sulfonamides is 1. The molecule has 7 nitrogen and oxygen atoms in total. The highest BCUT2D eigenvalue weighted by atomic mass is 32.2. The minimum Gasteiger partial charge on any atom is -0.295 e. The van der Waals surface area contributed by atoms with E-state index in [-0.39, 0.29) is 10.5 Å². The standard InChI is InChI=1S/C24H22N4O3S/c1-17-12-14-20(15-13-17)32(30,31)27-23-11-7-6-10-22(23)25-16-21-18(2)26-28(24(21)29)19-8-4-3-5-9-19/h3-16,26-27H,1-2H3. The molecule has 0 saturated heterocycles. The maximum absolute atomic E-state index is 12.9. The molecule has 8 heteroatoms. The number of para-hydroxylation sites is 3. The van der Waals surface area contributed by atoms with E-state index in [9.17, 15) is 13.2 Å². The molecule has 4 rings (SSSR count). The highest BCUT2D eigenvalue weighted by Crippen LogP contribution is 2.27. The van der Waals surface area contributed by atoms with Gasteiger partial charge in [0.15, 0.2) is 0 Å². The molecule has 0 fully saturated rings. The van der Waals surface area contributed by atoms with E-state index in [0.29, 0.717) is 28.3 Å². The van der Waals surface area contributed by atoms with E-state index < -0.39 is 10.0 Å². The Balaban J connectivity index is 1.65. The Bertz CT molecular complexity index is 1430. The number of aromatic amines is 1. The van der Waals surface area contributed by atoms with Crippen molar-refractivity contribution in [3.05, 3.63) is 106 Å². The molecule has 0 unspecified atom stereocenters. The summed E-state index contributed by atoms with van der Waals surface area (Å²) in [6, 6.07) is 22.6. The molecule has 0 saturated carbocycles. The second-order valence-corrected chi connectivity index (χ2v) is 9.00. The molecule has 0 spiro atoms. The van der Waals surface area contributed by atoms with Crippen LogP contribution in [0, 0.1) is 13.8 Å². The van der Waals surface area contributed by atoms with Gasteiger partial charge in [-0.05, 0) is 50.2 Å². The highest BCUT2D eigenvalue weighted by molar-refractivity contribution is 7.92. The summed E-state index contributed by atoms with van der Waals surface area (Å²) in [5, 5.41) is 3.05. The molecule has 0 aliphatic carbocycles. The lowest BCUT2D eigenvalue weighted by Crippen LogP contribution is -2.17. The van der Waals surface area contributed by atoms with Crippen LogP contribution < -0.4 is 10.3 Å². The molecule has 0 radical (unpaired) electrons. The Morgan fingerprint density at radius 2 is 1.56 bits per heavy atom. The van der Waals surface area contributed by atoms with Gasteiger partial charge in [0.05, 0.1) is 27.5 Å². The summed E-state index contributed by atoms with van der Waals surface area (Å²) in [4.78, 5) is 17.4. The SMILES string of the molecule is Cc1ccc(S(=O)(=O)Nc2ccccc2N=Cc2c(C)[nH]n(-c3ccccc3)c2=O)cc1. The molecule has 162 valence electrons. The average Bonchev–Trinajstić information content (AvgIpc) is 3.07. The van der Waals surface area contributed by atoms with Crippen LogP contribution in [0.5, 0.6) is 0 Å². The van der Waals surface area contributed by atoms with Crippen LogP contribution in [-0.2, 0) is 10.0 Å². The maximum atomic E-state index is 12.9. The van der Waals surface area contributed by atoms with E-state index in [4.69, 9.17) is 0 Å². The second kappa shape index (κ2) is 8.68. The summed E-state index contributed by atoms with van der Waals surface area (Å²) < 4.78 is 29.6. The van der Waals surface area contributed by atoms with E-state index in [0.717, 1.165) is 5.56 Å². The van der Waals surface area contributed by atoms with E-state index in [2.05, 4.69) is 14.8 Å². The zero-order valence-corrected chi connectivity index (χ0v) is 18.4. The number of hydrogen-bond donors (Lipinski definition) is 2. The van der Waals surface area contributed by atoms with Crippen molar-refractivity contribution >= 4 is 27.6 Å². The number of H-pyrrole nitrogens is 1. The molecule has 2 N–H and O–H groups in total. The van der Waals surface area contributed by atoms with Crippen molar-refractivity contribution in [2.75, 3.05) is 4.72 Å². The fourth-order valence-corrected chi connectivity index (χ4v) is 4.27. The van der Waals surface area contributed by atoms with E-state index >= 15 is 0 Å². The number of aliphatic imine (C=N–C) groups is 1. The predicted octanol–water partition coefficient (Wildman–Crippen LogP) is 4.33. The van der Waals surface area contributed by atoms with Gasteiger partial charge in [0, 0.05) is 11.9 Å². The number of rotatable bonds is 6. The first-order chi connectivity index (χ1) is 15.3. The fourth-order valence-electron chi connectivity index (χ4n) is 3.20. The molecule has 1 aromatic heterocycles. The monoisotopic (exact) mass is 446 g/mol. The normalized spacial score (nSPS) is 11.7. The van der Waals surface area contributed by atoms with Crippen LogP contribution in [0.2, 0.25) is 0 Å². The largest absolute Gasteiger partial charge is 0.295 e. The van der Waals surface area contributed by atoms with Gasteiger partial charge in [-0.15, -0.1) is 0 Å². The quantitative estimate of drug-likeness (QED) is 0.431. The van der Waals surface area contributed by atoms with Crippen molar-refractivity contribution in [3.63, 3.8) is 0 Å². The second-order valence-electron chi connectivity index (χ2n) is 7.32. The van der Waals surface area contributed by atoms with Crippen molar-refractivity contribution in [1.82, 2.24) is 9.78 Å². The number of anilines is 1. The first kappa shape index (κ1) is 21.3. The summed E-state index contributed by atoms with van der Waals surface area (Å²) in [7, 11) is -3.78. The average molecular weight is 447 g/mol. The topological polar surface area (TPSA) is 96.3 Å². The Morgan fingerprint density at radius 3 is 2.28 bits per heavy atom. The van der Waals surface area contributed by atoms with Crippen LogP contribution >= 0.6 is 0 Å². The lowest BCUT2D eigenvalue weighted by molar-refractivity contribution is 0.601. The number of aromatic nitrogens is 2. The van der Waals surface area contributed by atoms with E-state index in [1.54, 1.807) is 55.5 Å². The number of nitrogens with zero attached hydrogens (tertiary/aromatic N) is 2. The number of nitrogens with one attached hydrogen (secondary N) is 2. The minimum atomic E-state index is -3.78. The lowest BCUT2D eigenvalue weighted by Gasteiger charge is -2.10. The fraction of sp³-hybridized carbons (Fsp3) is 0.0833. The lowest BCUT2D eigenvalue weighted by atomic mass is 10.2. The zero-order chi connectivity index (χ0) is 22.7. The van der Waals surface area contributed by atoms with Crippen LogP contribution in [0.1, 0.15) is 16.8 Å². The van der Waals surface area contributed by atoms with E-state index in [1.165, 1.54) is 10.9 Å². The molecular formula is C24H22N4O3S. The molecule has 32 heavy (non-hydrogen) atoms. The molecule has 3 aromatic carbocycles. The molecule has 0 aliphatic rings. The van der Waals surface area contributed by atoms with Gasteiger partial charge in [-0.3, -0.25) is 19.6 Å². The van der Waals surface area contributed by atoms with Gasteiger partial charge < -0.3 is 0 Å². The van der Waals surface area contributed by atoms with Crippen molar-refractivity contribution in [3.8, 4) is 5.69 Å². The van der Waals surface area contributed by atoms with Crippen molar-refractivity contribution in [1.29, 1.82) is 0 Å². The van der Waals surface area contributed by atoms with Crippen LogP contribution in [0.25, 0.3) is 5.69 Å².